The van der Waals surface area contributed by atoms with Gasteiger partial charge in [0, 0.05) is 6.54 Å². The van der Waals surface area contributed by atoms with E-state index in [9.17, 15) is 4.79 Å². The molecule has 0 bridgehead atoms. The monoisotopic (exact) mass is 353 g/mol. The molecule has 1 aromatic carbocycles. The van der Waals surface area contributed by atoms with Crippen molar-refractivity contribution in [2.24, 2.45) is 17.6 Å². The predicted octanol–water partition coefficient (Wildman–Crippen LogP) is 2.98. The van der Waals surface area contributed by atoms with Crippen molar-refractivity contribution in [2.75, 3.05) is 19.6 Å². The fourth-order valence-electron chi connectivity index (χ4n) is 3.09. The minimum Gasteiger partial charge on any atom is -0.353 e. The molecule has 1 amide bonds. The van der Waals surface area contributed by atoms with Crippen molar-refractivity contribution in [2.45, 2.75) is 45.7 Å². The lowest BCUT2D eigenvalue weighted by Gasteiger charge is -2.37. The number of nitrogens with two attached hydrogens (primary N) is 1. The summed E-state index contributed by atoms with van der Waals surface area (Å²) < 4.78 is 0. The third-order valence-electron chi connectivity index (χ3n) is 4.93. The van der Waals surface area contributed by atoms with Crippen LogP contribution in [0.2, 0.25) is 0 Å². The van der Waals surface area contributed by atoms with E-state index in [1.165, 1.54) is 18.4 Å². The summed E-state index contributed by atoms with van der Waals surface area (Å²) in [7, 11) is 0. The number of amides is 1. The highest BCUT2D eigenvalue weighted by atomic mass is 35.5. The van der Waals surface area contributed by atoms with Crippen molar-refractivity contribution < 1.29 is 4.79 Å². The minimum atomic E-state index is -0.437. The Bertz CT molecular complexity index is 487. The summed E-state index contributed by atoms with van der Waals surface area (Å²) >= 11 is 0. The summed E-state index contributed by atoms with van der Waals surface area (Å²) in [6.07, 6.45) is 2.45. The molecular weight excluding hydrogens is 322 g/mol. The first-order valence-electron chi connectivity index (χ1n) is 8.81. The lowest BCUT2D eigenvalue weighted by atomic mass is 9.95. The highest BCUT2D eigenvalue weighted by Gasteiger charge is 2.26. The van der Waals surface area contributed by atoms with Crippen LogP contribution < -0.4 is 11.1 Å². The van der Waals surface area contributed by atoms with Gasteiger partial charge in [-0.2, -0.15) is 0 Å². The van der Waals surface area contributed by atoms with Crippen molar-refractivity contribution >= 4 is 18.3 Å². The van der Waals surface area contributed by atoms with E-state index >= 15 is 0 Å². The van der Waals surface area contributed by atoms with Gasteiger partial charge in [0.1, 0.15) is 0 Å². The number of benzene rings is 1. The Hall–Kier alpha value is -1.10. The molecule has 136 valence electrons. The van der Waals surface area contributed by atoms with Gasteiger partial charge in [-0.25, -0.2) is 0 Å². The average molecular weight is 354 g/mol. The molecule has 1 saturated heterocycles. The summed E-state index contributed by atoms with van der Waals surface area (Å²) in [6, 6.07) is 10.3. The maximum Gasteiger partial charge on any atom is 0.237 e. The molecule has 0 aliphatic carbocycles. The van der Waals surface area contributed by atoms with Gasteiger partial charge in [0.25, 0.3) is 0 Å². The van der Waals surface area contributed by atoms with Crippen LogP contribution in [0.5, 0.6) is 0 Å². The molecule has 4 nitrogen and oxygen atoms in total. The third-order valence-corrected chi connectivity index (χ3v) is 4.93. The Morgan fingerprint density at radius 2 is 1.83 bits per heavy atom. The number of halogens is 1. The van der Waals surface area contributed by atoms with Crippen LogP contribution in [0.25, 0.3) is 0 Å². The minimum absolute atomic E-state index is 0. The highest BCUT2D eigenvalue weighted by Crippen LogP contribution is 2.26. The molecule has 1 unspecified atom stereocenters. The number of carbonyl (C=O) groups excluding carboxylic acids is 1. The van der Waals surface area contributed by atoms with E-state index in [1.54, 1.807) is 0 Å². The first-order valence-corrected chi connectivity index (χ1v) is 8.81. The number of nitrogens with zero attached hydrogens (tertiary/aromatic N) is 1. The largest absolute Gasteiger partial charge is 0.353 e. The van der Waals surface area contributed by atoms with Crippen LogP contribution in [0.15, 0.2) is 30.3 Å². The summed E-state index contributed by atoms with van der Waals surface area (Å²) in [5.41, 5.74) is 7.22. The second-order valence-electron chi connectivity index (χ2n) is 7.16. The van der Waals surface area contributed by atoms with Crippen molar-refractivity contribution in [1.82, 2.24) is 10.2 Å². The Morgan fingerprint density at radius 3 is 2.38 bits per heavy atom. The number of piperidine rings is 1. The molecule has 2 rings (SSSR count). The van der Waals surface area contributed by atoms with E-state index < -0.39 is 6.04 Å². The summed E-state index contributed by atoms with van der Waals surface area (Å²) in [5, 5.41) is 3.07. The van der Waals surface area contributed by atoms with Crippen LogP contribution in [0.1, 0.15) is 45.2 Å². The Morgan fingerprint density at radius 1 is 1.25 bits per heavy atom. The zero-order valence-electron chi connectivity index (χ0n) is 15.1. The summed E-state index contributed by atoms with van der Waals surface area (Å²) in [6.45, 7) is 9.07. The standard InChI is InChI=1S/C19H31N3O.ClH/c1-14(2)18(20)19(23)21-13-17(16-7-5-4-6-8-16)22-11-9-15(3)10-12-22;/h4-8,14-15,17-18H,9-13,20H2,1-3H3,(H,21,23);1H/t17?,18-;/m0./s1. The quantitative estimate of drug-likeness (QED) is 0.826. The van der Waals surface area contributed by atoms with Crippen molar-refractivity contribution in [3.8, 4) is 0 Å². The third kappa shape index (κ3) is 5.76. The van der Waals surface area contributed by atoms with Gasteiger partial charge >= 0.3 is 0 Å². The number of likely N-dealkylation sites (tertiary alicyclic amines) is 1. The number of hydrogen-bond acceptors (Lipinski definition) is 3. The molecule has 0 spiro atoms. The molecule has 1 aromatic rings. The molecule has 2 atom stereocenters. The van der Waals surface area contributed by atoms with Gasteiger partial charge in [-0.3, -0.25) is 9.69 Å². The number of nitrogens with one attached hydrogen (secondary N) is 1. The van der Waals surface area contributed by atoms with Crippen LogP contribution in [-0.4, -0.2) is 36.5 Å². The zero-order chi connectivity index (χ0) is 16.8. The van der Waals surface area contributed by atoms with E-state index in [0.717, 1.165) is 19.0 Å². The molecule has 1 aliphatic heterocycles. The molecule has 0 radical (unpaired) electrons. The topological polar surface area (TPSA) is 58.4 Å². The lowest BCUT2D eigenvalue weighted by molar-refractivity contribution is -0.123. The normalized spacial score (nSPS) is 18.7. The van der Waals surface area contributed by atoms with Crippen LogP contribution in [0.3, 0.4) is 0 Å². The Kier molecular flexibility index (Phi) is 8.74. The molecule has 1 fully saturated rings. The van der Waals surface area contributed by atoms with Crippen molar-refractivity contribution in [3.63, 3.8) is 0 Å². The Labute approximate surface area is 152 Å². The van der Waals surface area contributed by atoms with Gasteiger partial charge in [-0.15, -0.1) is 12.4 Å². The van der Waals surface area contributed by atoms with Crippen LogP contribution >= 0.6 is 12.4 Å². The predicted molar refractivity (Wildman–Crippen MR) is 102 cm³/mol. The fourth-order valence-corrected chi connectivity index (χ4v) is 3.09. The molecule has 1 aliphatic rings. The molecule has 0 aromatic heterocycles. The first kappa shape index (κ1) is 20.9. The summed E-state index contributed by atoms with van der Waals surface area (Å²) in [5.74, 6) is 0.902. The molecule has 3 N–H and O–H groups in total. The average Bonchev–Trinajstić information content (AvgIpc) is 2.56. The zero-order valence-corrected chi connectivity index (χ0v) is 15.9. The van der Waals surface area contributed by atoms with Gasteiger partial charge in [0.05, 0.1) is 12.1 Å². The second-order valence-corrected chi connectivity index (χ2v) is 7.16. The van der Waals surface area contributed by atoms with E-state index in [4.69, 9.17) is 5.73 Å². The number of rotatable bonds is 6. The molecule has 24 heavy (non-hydrogen) atoms. The fraction of sp³-hybridized carbons (Fsp3) is 0.632. The van der Waals surface area contributed by atoms with Gasteiger partial charge in [0.15, 0.2) is 0 Å². The maximum absolute atomic E-state index is 12.2. The lowest BCUT2D eigenvalue weighted by Crippen LogP contribution is -2.47. The molecule has 5 heteroatoms. The van der Waals surface area contributed by atoms with Gasteiger partial charge < -0.3 is 11.1 Å². The van der Waals surface area contributed by atoms with Crippen LogP contribution in [-0.2, 0) is 4.79 Å². The second kappa shape index (κ2) is 10.0. The van der Waals surface area contributed by atoms with Gasteiger partial charge in [-0.1, -0.05) is 51.1 Å². The van der Waals surface area contributed by atoms with Crippen LogP contribution in [0.4, 0.5) is 0 Å². The van der Waals surface area contributed by atoms with Crippen LogP contribution in [0, 0.1) is 11.8 Å². The first-order chi connectivity index (χ1) is 11.0. The van der Waals surface area contributed by atoms with Crippen molar-refractivity contribution in [3.05, 3.63) is 35.9 Å². The van der Waals surface area contributed by atoms with Crippen molar-refractivity contribution in [1.29, 1.82) is 0 Å². The van der Waals surface area contributed by atoms with E-state index in [0.29, 0.717) is 6.54 Å². The maximum atomic E-state index is 12.2. The summed E-state index contributed by atoms with van der Waals surface area (Å²) in [4.78, 5) is 14.7. The molecular formula is C19H32ClN3O. The Balaban J connectivity index is 0.00000288. The molecule has 0 saturated carbocycles. The van der Waals surface area contributed by atoms with Gasteiger partial charge in [0.2, 0.25) is 5.91 Å². The SMILES string of the molecule is CC1CCN(C(CNC(=O)[C@@H](N)C(C)C)c2ccccc2)CC1.Cl. The number of hydrogen-bond donors (Lipinski definition) is 2. The van der Waals surface area contributed by atoms with Gasteiger partial charge in [-0.05, 0) is 43.3 Å². The van der Waals surface area contributed by atoms with E-state index in [2.05, 4.69) is 41.4 Å². The van der Waals surface area contributed by atoms with E-state index in [-0.39, 0.29) is 30.3 Å². The van der Waals surface area contributed by atoms with E-state index in [1.807, 2.05) is 19.9 Å². The smallest absolute Gasteiger partial charge is 0.237 e. The highest BCUT2D eigenvalue weighted by molar-refractivity contribution is 5.85. The number of carbonyl (C=O) groups is 1. The molecule has 1 heterocycles.